The molecule has 4 rings (SSSR count). The number of nitrogens with zero attached hydrogens (tertiary/aromatic N) is 4. The monoisotopic (exact) mass is 462 g/mol. The number of imidazole rings is 1. The van der Waals surface area contributed by atoms with Crippen LogP contribution in [0.3, 0.4) is 0 Å². The van der Waals surface area contributed by atoms with E-state index in [1.807, 2.05) is 16.4 Å². The molecule has 1 atom stereocenters. The highest BCUT2D eigenvalue weighted by atomic mass is 35.5. The van der Waals surface area contributed by atoms with Crippen LogP contribution < -0.4 is 0 Å². The number of likely N-dealkylation sites (N-methyl/N-ethyl adjacent to an activating group) is 1. The van der Waals surface area contributed by atoms with Crippen LogP contribution in [0.4, 0.5) is 4.39 Å². The van der Waals surface area contributed by atoms with E-state index in [9.17, 15) is 9.18 Å². The molecule has 0 N–H and O–H groups in total. The molecule has 8 heteroatoms. The standard InChI is InChI=1S/C23H25Cl2FN4O/c1-3-28-8-10-29(11-9-28)23(31)15(2)30-21-14-19(25)18(24)13-20(21)27-22(30)12-16-4-6-17(26)7-5-16/h4-7,13-15H,3,8-12H2,1-2H3. The molecule has 0 saturated carbocycles. The Morgan fingerprint density at radius 3 is 2.39 bits per heavy atom. The van der Waals surface area contributed by atoms with Crippen molar-refractivity contribution in [3.63, 3.8) is 0 Å². The number of carbonyl (C=O) groups excluding carboxylic acids is 1. The minimum Gasteiger partial charge on any atom is -0.338 e. The summed E-state index contributed by atoms with van der Waals surface area (Å²) in [6.07, 6.45) is 0.464. The fraction of sp³-hybridized carbons (Fsp3) is 0.391. The number of hydrogen-bond acceptors (Lipinski definition) is 3. The van der Waals surface area contributed by atoms with E-state index < -0.39 is 6.04 Å². The van der Waals surface area contributed by atoms with Crippen LogP contribution in [0.5, 0.6) is 0 Å². The van der Waals surface area contributed by atoms with Gasteiger partial charge in [-0.3, -0.25) is 4.79 Å². The number of aromatic nitrogens is 2. The number of rotatable bonds is 5. The Bertz CT molecular complexity index is 1090. The van der Waals surface area contributed by atoms with Gasteiger partial charge in [0.15, 0.2) is 0 Å². The predicted octanol–water partition coefficient (Wildman–Crippen LogP) is 4.80. The van der Waals surface area contributed by atoms with E-state index in [2.05, 4.69) is 11.8 Å². The Balaban J connectivity index is 1.70. The SMILES string of the molecule is CCN1CCN(C(=O)C(C)n2c(Cc3ccc(F)cc3)nc3cc(Cl)c(Cl)cc32)CC1. The lowest BCUT2D eigenvalue weighted by Crippen LogP contribution is -2.50. The van der Waals surface area contributed by atoms with E-state index in [1.165, 1.54) is 12.1 Å². The first kappa shape index (κ1) is 22.1. The average Bonchev–Trinajstić information content (AvgIpc) is 3.11. The van der Waals surface area contributed by atoms with Crippen LogP contribution >= 0.6 is 23.2 Å². The van der Waals surface area contributed by atoms with E-state index in [4.69, 9.17) is 28.2 Å². The first-order valence-electron chi connectivity index (χ1n) is 10.5. The van der Waals surface area contributed by atoms with Crippen molar-refractivity contribution in [3.05, 3.63) is 63.6 Å². The molecule has 1 unspecified atom stereocenters. The summed E-state index contributed by atoms with van der Waals surface area (Å²) in [5.74, 6) is 0.486. The van der Waals surface area contributed by atoms with Crippen molar-refractivity contribution >= 4 is 40.1 Å². The maximum Gasteiger partial charge on any atom is 0.245 e. The van der Waals surface area contributed by atoms with Crippen molar-refractivity contribution in [2.75, 3.05) is 32.7 Å². The molecule has 0 aliphatic carbocycles. The molecule has 2 heterocycles. The molecule has 3 aromatic rings. The quantitative estimate of drug-likeness (QED) is 0.546. The fourth-order valence-electron chi connectivity index (χ4n) is 4.14. The highest BCUT2D eigenvalue weighted by molar-refractivity contribution is 6.42. The van der Waals surface area contributed by atoms with E-state index in [0.717, 1.165) is 30.7 Å². The summed E-state index contributed by atoms with van der Waals surface area (Å²) in [6.45, 7) is 8.20. The van der Waals surface area contributed by atoms with Gasteiger partial charge in [0.1, 0.15) is 17.7 Å². The third kappa shape index (κ3) is 4.56. The predicted molar refractivity (Wildman–Crippen MR) is 122 cm³/mol. The second-order valence-electron chi connectivity index (χ2n) is 7.89. The van der Waals surface area contributed by atoms with Crippen LogP contribution in [0, 0.1) is 5.82 Å². The Labute approximate surface area is 191 Å². The minimum atomic E-state index is -0.453. The van der Waals surface area contributed by atoms with Crippen molar-refractivity contribution in [2.45, 2.75) is 26.3 Å². The number of fused-ring (bicyclic) bond motifs is 1. The summed E-state index contributed by atoms with van der Waals surface area (Å²) >= 11 is 12.5. The second kappa shape index (κ2) is 9.15. The molecule has 164 valence electrons. The van der Waals surface area contributed by atoms with Gasteiger partial charge < -0.3 is 14.4 Å². The largest absolute Gasteiger partial charge is 0.338 e. The van der Waals surface area contributed by atoms with Gasteiger partial charge in [-0.15, -0.1) is 0 Å². The van der Waals surface area contributed by atoms with Crippen LogP contribution in [-0.2, 0) is 11.2 Å². The molecular weight excluding hydrogens is 438 g/mol. The summed E-state index contributed by atoms with van der Waals surface area (Å²) in [6, 6.07) is 9.35. The minimum absolute atomic E-state index is 0.0569. The van der Waals surface area contributed by atoms with Gasteiger partial charge in [-0.05, 0) is 43.3 Å². The van der Waals surface area contributed by atoms with E-state index in [-0.39, 0.29) is 11.7 Å². The van der Waals surface area contributed by atoms with Gasteiger partial charge in [0, 0.05) is 32.6 Å². The summed E-state index contributed by atoms with van der Waals surface area (Å²) in [7, 11) is 0. The van der Waals surface area contributed by atoms with Crippen LogP contribution in [-0.4, -0.2) is 58.0 Å². The molecular formula is C23H25Cl2FN4O. The third-order valence-electron chi connectivity index (χ3n) is 5.96. The lowest BCUT2D eigenvalue weighted by atomic mass is 10.1. The van der Waals surface area contributed by atoms with Crippen molar-refractivity contribution in [1.82, 2.24) is 19.4 Å². The van der Waals surface area contributed by atoms with Crippen molar-refractivity contribution < 1.29 is 9.18 Å². The molecule has 0 radical (unpaired) electrons. The molecule has 1 aliphatic rings. The maximum absolute atomic E-state index is 13.4. The zero-order chi connectivity index (χ0) is 22.1. The number of halogens is 3. The van der Waals surface area contributed by atoms with E-state index in [1.54, 1.807) is 24.3 Å². The Hall–Kier alpha value is -2.15. The van der Waals surface area contributed by atoms with Gasteiger partial charge in [0.25, 0.3) is 0 Å². The lowest BCUT2D eigenvalue weighted by Gasteiger charge is -2.35. The normalized spacial score (nSPS) is 16.1. The number of hydrogen-bond donors (Lipinski definition) is 0. The number of benzene rings is 2. The zero-order valence-electron chi connectivity index (χ0n) is 17.6. The van der Waals surface area contributed by atoms with Crippen LogP contribution in [0.2, 0.25) is 10.0 Å². The molecule has 0 bridgehead atoms. The molecule has 1 fully saturated rings. The smallest absolute Gasteiger partial charge is 0.245 e. The Morgan fingerprint density at radius 2 is 1.74 bits per heavy atom. The first-order chi connectivity index (χ1) is 14.9. The molecule has 31 heavy (non-hydrogen) atoms. The van der Waals surface area contributed by atoms with E-state index in [0.29, 0.717) is 40.9 Å². The third-order valence-corrected chi connectivity index (χ3v) is 6.68. The molecule has 1 saturated heterocycles. The highest BCUT2D eigenvalue weighted by Gasteiger charge is 2.28. The van der Waals surface area contributed by atoms with Crippen LogP contribution in [0.1, 0.15) is 31.3 Å². The summed E-state index contributed by atoms with van der Waals surface area (Å²) < 4.78 is 15.3. The topological polar surface area (TPSA) is 41.4 Å². The number of piperazine rings is 1. The molecule has 2 aromatic carbocycles. The summed E-state index contributed by atoms with van der Waals surface area (Å²) in [5, 5.41) is 0.835. The molecule has 1 amide bonds. The van der Waals surface area contributed by atoms with Gasteiger partial charge in [-0.25, -0.2) is 9.37 Å². The summed E-state index contributed by atoms with van der Waals surface area (Å²) in [4.78, 5) is 22.4. The highest BCUT2D eigenvalue weighted by Crippen LogP contribution is 2.31. The van der Waals surface area contributed by atoms with Gasteiger partial charge in [-0.1, -0.05) is 42.3 Å². The van der Waals surface area contributed by atoms with Gasteiger partial charge in [0.05, 0.1) is 21.1 Å². The molecule has 0 spiro atoms. The van der Waals surface area contributed by atoms with E-state index >= 15 is 0 Å². The molecule has 5 nitrogen and oxygen atoms in total. The van der Waals surface area contributed by atoms with Crippen molar-refractivity contribution in [3.8, 4) is 0 Å². The number of amides is 1. The Kier molecular flexibility index (Phi) is 6.51. The second-order valence-corrected chi connectivity index (χ2v) is 8.71. The van der Waals surface area contributed by atoms with Gasteiger partial charge >= 0.3 is 0 Å². The molecule has 1 aromatic heterocycles. The van der Waals surface area contributed by atoms with Crippen LogP contribution in [0.25, 0.3) is 11.0 Å². The van der Waals surface area contributed by atoms with Crippen molar-refractivity contribution in [2.24, 2.45) is 0 Å². The zero-order valence-corrected chi connectivity index (χ0v) is 19.1. The number of carbonyl (C=O) groups is 1. The van der Waals surface area contributed by atoms with Crippen LogP contribution in [0.15, 0.2) is 36.4 Å². The van der Waals surface area contributed by atoms with Gasteiger partial charge in [-0.2, -0.15) is 0 Å². The Morgan fingerprint density at radius 1 is 1.10 bits per heavy atom. The lowest BCUT2D eigenvalue weighted by molar-refractivity contribution is -0.136. The first-order valence-corrected chi connectivity index (χ1v) is 11.2. The molecule has 1 aliphatic heterocycles. The average molecular weight is 463 g/mol. The van der Waals surface area contributed by atoms with Crippen molar-refractivity contribution in [1.29, 1.82) is 0 Å². The fourth-order valence-corrected chi connectivity index (χ4v) is 4.46. The summed E-state index contributed by atoms with van der Waals surface area (Å²) in [5.41, 5.74) is 2.35. The van der Waals surface area contributed by atoms with Gasteiger partial charge in [0.2, 0.25) is 5.91 Å². The maximum atomic E-state index is 13.4.